The maximum Gasteiger partial charge on any atom is 0.0178 e. The van der Waals surface area contributed by atoms with Crippen molar-refractivity contribution in [1.29, 1.82) is 0 Å². The molecule has 1 heterocycles. The summed E-state index contributed by atoms with van der Waals surface area (Å²) in [6, 6.07) is 8.99. The smallest absolute Gasteiger partial charge is 0.0178 e. The van der Waals surface area contributed by atoms with Crippen LogP contribution in [0.2, 0.25) is 0 Å². The minimum absolute atomic E-state index is 0.514. The highest BCUT2D eigenvalue weighted by atomic mass is 79.9. The van der Waals surface area contributed by atoms with E-state index in [0.29, 0.717) is 16.7 Å². The second kappa shape index (κ2) is 5.46. The van der Waals surface area contributed by atoms with Crippen molar-refractivity contribution in [3.05, 3.63) is 34.3 Å². The Morgan fingerprint density at radius 2 is 2.05 bits per heavy atom. The average Bonchev–Trinajstić information content (AvgIpc) is 2.37. The Kier molecular flexibility index (Phi) is 3.98. The quantitative estimate of drug-likeness (QED) is 0.751. The van der Waals surface area contributed by atoms with Gasteiger partial charge in [0, 0.05) is 16.9 Å². The van der Waals surface area contributed by atoms with Crippen molar-refractivity contribution in [2.45, 2.75) is 51.9 Å². The largest absolute Gasteiger partial charge is 0.316 e. The van der Waals surface area contributed by atoms with E-state index < -0.39 is 0 Å². The minimum Gasteiger partial charge on any atom is -0.316 e. The molecule has 1 aromatic rings. The Balaban J connectivity index is 1.94. The molecule has 2 aliphatic rings. The molecule has 1 nitrogen and oxygen atoms in total. The van der Waals surface area contributed by atoms with Gasteiger partial charge in [0.15, 0.2) is 0 Å². The molecule has 1 aliphatic heterocycles. The lowest BCUT2D eigenvalue weighted by molar-refractivity contribution is 0.0332. The summed E-state index contributed by atoms with van der Waals surface area (Å²) in [6.45, 7) is 7.27. The monoisotopic (exact) mass is 335 g/mol. The highest BCUT2D eigenvalue weighted by molar-refractivity contribution is 9.10. The van der Waals surface area contributed by atoms with Crippen molar-refractivity contribution in [2.75, 3.05) is 13.1 Å². The Hall–Kier alpha value is -0.340. The minimum atomic E-state index is 0.514. The van der Waals surface area contributed by atoms with Gasteiger partial charge in [-0.1, -0.05) is 48.3 Å². The standard InChI is InChI=1S/C18H26BrN/c1-17(2)7-4-8-18(13-17)9-10-20-12-16(18)14-5-3-6-15(19)11-14/h3,5-6,11,16,20H,4,7-10,12-13H2,1-2H3. The molecule has 110 valence electrons. The van der Waals surface area contributed by atoms with Crippen LogP contribution in [0.3, 0.4) is 0 Å². The highest BCUT2D eigenvalue weighted by Gasteiger charge is 2.46. The second-order valence-corrected chi connectivity index (χ2v) is 8.53. The maximum absolute atomic E-state index is 3.64. The van der Waals surface area contributed by atoms with Gasteiger partial charge in [-0.2, -0.15) is 0 Å². The van der Waals surface area contributed by atoms with Crippen LogP contribution < -0.4 is 5.32 Å². The fourth-order valence-corrected chi connectivity index (χ4v) is 5.15. The van der Waals surface area contributed by atoms with Crippen molar-refractivity contribution in [1.82, 2.24) is 5.32 Å². The van der Waals surface area contributed by atoms with E-state index in [-0.39, 0.29) is 0 Å². The normalized spacial score (nSPS) is 33.2. The molecule has 1 aromatic carbocycles. The van der Waals surface area contributed by atoms with Crippen LogP contribution in [0, 0.1) is 10.8 Å². The third kappa shape index (κ3) is 2.82. The van der Waals surface area contributed by atoms with E-state index in [2.05, 4.69) is 59.4 Å². The lowest BCUT2D eigenvalue weighted by Gasteiger charge is -2.52. The lowest BCUT2D eigenvalue weighted by atomic mass is 9.55. The summed E-state index contributed by atoms with van der Waals surface area (Å²) < 4.78 is 1.21. The van der Waals surface area contributed by atoms with Gasteiger partial charge in [-0.05, 0) is 60.8 Å². The van der Waals surface area contributed by atoms with Crippen LogP contribution in [0.4, 0.5) is 0 Å². The van der Waals surface area contributed by atoms with Crippen molar-refractivity contribution < 1.29 is 0 Å². The molecular weight excluding hydrogens is 310 g/mol. The molecule has 0 bridgehead atoms. The van der Waals surface area contributed by atoms with E-state index in [1.165, 1.54) is 48.7 Å². The maximum atomic E-state index is 3.64. The van der Waals surface area contributed by atoms with E-state index in [0.717, 1.165) is 6.54 Å². The third-order valence-electron chi connectivity index (χ3n) is 5.50. The summed E-state index contributed by atoms with van der Waals surface area (Å²) in [5.41, 5.74) is 2.55. The number of benzene rings is 1. The van der Waals surface area contributed by atoms with E-state index in [4.69, 9.17) is 0 Å². The molecular formula is C18H26BrN. The molecule has 0 amide bonds. The summed E-state index contributed by atoms with van der Waals surface area (Å²) in [4.78, 5) is 0. The Bertz CT molecular complexity index is 478. The number of hydrogen-bond acceptors (Lipinski definition) is 1. The summed E-state index contributed by atoms with van der Waals surface area (Å²) >= 11 is 3.64. The van der Waals surface area contributed by atoms with E-state index in [9.17, 15) is 0 Å². The van der Waals surface area contributed by atoms with E-state index in [1.54, 1.807) is 0 Å². The highest BCUT2D eigenvalue weighted by Crippen LogP contribution is 2.56. The van der Waals surface area contributed by atoms with Crippen LogP contribution in [0.25, 0.3) is 0 Å². The van der Waals surface area contributed by atoms with Crippen LogP contribution in [-0.4, -0.2) is 13.1 Å². The number of nitrogens with one attached hydrogen (secondary N) is 1. The van der Waals surface area contributed by atoms with Crippen molar-refractivity contribution in [3.63, 3.8) is 0 Å². The topological polar surface area (TPSA) is 12.0 Å². The Morgan fingerprint density at radius 1 is 1.20 bits per heavy atom. The summed E-state index contributed by atoms with van der Waals surface area (Å²) in [6.07, 6.45) is 6.94. The van der Waals surface area contributed by atoms with Crippen LogP contribution in [-0.2, 0) is 0 Å². The first kappa shape index (κ1) is 14.6. The molecule has 1 N–H and O–H groups in total. The van der Waals surface area contributed by atoms with E-state index in [1.807, 2.05) is 0 Å². The van der Waals surface area contributed by atoms with Crippen molar-refractivity contribution in [2.24, 2.45) is 10.8 Å². The van der Waals surface area contributed by atoms with Crippen molar-refractivity contribution >= 4 is 15.9 Å². The molecule has 2 atom stereocenters. The molecule has 0 radical (unpaired) electrons. The first-order valence-electron chi connectivity index (χ1n) is 7.97. The molecule has 2 unspecified atom stereocenters. The third-order valence-corrected chi connectivity index (χ3v) is 5.99. The molecule has 1 aliphatic carbocycles. The van der Waals surface area contributed by atoms with Gasteiger partial charge >= 0.3 is 0 Å². The lowest BCUT2D eigenvalue weighted by Crippen LogP contribution is -2.47. The van der Waals surface area contributed by atoms with Gasteiger partial charge in [-0.25, -0.2) is 0 Å². The van der Waals surface area contributed by atoms with E-state index >= 15 is 0 Å². The first-order chi connectivity index (χ1) is 9.51. The van der Waals surface area contributed by atoms with Gasteiger partial charge in [-0.15, -0.1) is 0 Å². The first-order valence-corrected chi connectivity index (χ1v) is 8.76. The molecule has 1 saturated heterocycles. The van der Waals surface area contributed by atoms with Crippen LogP contribution in [0.1, 0.15) is 57.4 Å². The average molecular weight is 336 g/mol. The molecule has 20 heavy (non-hydrogen) atoms. The summed E-state index contributed by atoms with van der Waals surface area (Å²) in [5.74, 6) is 0.674. The number of hydrogen-bond donors (Lipinski definition) is 1. The summed E-state index contributed by atoms with van der Waals surface area (Å²) in [7, 11) is 0. The fourth-order valence-electron chi connectivity index (χ4n) is 4.73. The zero-order chi connectivity index (χ0) is 14.2. The van der Waals surface area contributed by atoms with Gasteiger partial charge in [0.2, 0.25) is 0 Å². The molecule has 2 heteroatoms. The molecule has 0 aromatic heterocycles. The van der Waals surface area contributed by atoms with Crippen molar-refractivity contribution in [3.8, 4) is 0 Å². The Labute approximate surface area is 131 Å². The number of rotatable bonds is 1. The molecule has 3 rings (SSSR count). The second-order valence-electron chi connectivity index (χ2n) is 7.62. The van der Waals surface area contributed by atoms with Gasteiger partial charge < -0.3 is 5.32 Å². The van der Waals surface area contributed by atoms with Gasteiger partial charge in [0.25, 0.3) is 0 Å². The zero-order valence-corrected chi connectivity index (χ0v) is 14.3. The number of piperidine rings is 1. The molecule has 1 saturated carbocycles. The predicted octanol–water partition coefficient (Wildman–Crippen LogP) is 5.11. The zero-order valence-electron chi connectivity index (χ0n) is 12.7. The summed E-state index contributed by atoms with van der Waals surface area (Å²) in [5, 5.41) is 3.64. The van der Waals surface area contributed by atoms with Gasteiger partial charge in [0.05, 0.1) is 0 Å². The van der Waals surface area contributed by atoms with Crippen LogP contribution in [0.5, 0.6) is 0 Å². The van der Waals surface area contributed by atoms with Crippen LogP contribution in [0.15, 0.2) is 28.7 Å². The predicted molar refractivity (Wildman–Crippen MR) is 89.1 cm³/mol. The SMILES string of the molecule is CC1(C)CCCC2(CCNCC2c2cccc(Br)c2)C1. The Morgan fingerprint density at radius 3 is 2.80 bits per heavy atom. The van der Waals surface area contributed by atoms with Crippen LogP contribution >= 0.6 is 15.9 Å². The van der Waals surface area contributed by atoms with Gasteiger partial charge in [0.1, 0.15) is 0 Å². The molecule has 1 spiro atoms. The number of halogens is 1. The fraction of sp³-hybridized carbons (Fsp3) is 0.667. The molecule has 2 fully saturated rings. The van der Waals surface area contributed by atoms with Gasteiger partial charge in [-0.3, -0.25) is 0 Å².